The lowest BCUT2D eigenvalue weighted by Crippen LogP contribution is -2.17. The number of nitrogens with one attached hydrogen (secondary N) is 1. The number of aliphatic hydroxyl groups is 1. The second kappa shape index (κ2) is 12.1. The summed E-state index contributed by atoms with van der Waals surface area (Å²) < 4.78 is 41.2. The molecule has 0 aliphatic heterocycles. The molecule has 0 aliphatic carbocycles. The van der Waals surface area contributed by atoms with Crippen LogP contribution in [-0.4, -0.2) is 64.9 Å². The molecule has 9 nitrogen and oxygen atoms in total. The minimum absolute atomic E-state index is 0.0265. The third-order valence-electron chi connectivity index (χ3n) is 3.93. The Bertz CT molecular complexity index is 902. The first-order valence-electron chi connectivity index (χ1n) is 9.28. The van der Waals surface area contributed by atoms with Crippen molar-refractivity contribution in [2.45, 2.75) is 4.90 Å². The van der Waals surface area contributed by atoms with Gasteiger partial charge >= 0.3 is 0 Å². The number of aliphatic hydroxyl groups excluding tert-OH is 1. The molecular weight excluding hydrogens is 412 g/mol. The Morgan fingerprint density at radius 2 is 1.57 bits per heavy atom. The molecule has 0 spiro atoms. The maximum absolute atomic E-state index is 12.5. The van der Waals surface area contributed by atoms with E-state index in [0.29, 0.717) is 31.3 Å². The minimum Gasteiger partial charge on any atom is -0.489 e. The van der Waals surface area contributed by atoms with E-state index in [-0.39, 0.29) is 36.2 Å². The Balaban J connectivity index is 1.86. The van der Waals surface area contributed by atoms with Gasteiger partial charge in [-0.25, -0.2) is 8.42 Å². The number of benzene rings is 2. The van der Waals surface area contributed by atoms with Crippen molar-refractivity contribution in [2.75, 3.05) is 50.8 Å². The first kappa shape index (κ1) is 23.6. The number of carbonyl (C=O) groups excluding carboxylic acids is 1. The first-order chi connectivity index (χ1) is 14.4. The van der Waals surface area contributed by atoms with Crippen LogP contribution in [0.3, 0.4) is 0 Å². The van der Waals surface area contributed by atoms with Gasteiger partial charge in [-0.05, 0) is 36.4 Å². The van der Waals surface area contributed by atoms with Gasteiger partial charge in [0.2, 0.25) is 5.91 Å². The summed E-state index contributed by atoms with van der Waals surface area (Å²) in [6.45, 7) is 1.63. The summed E-state index contributed by atoms with van der Waals surface area (Å²) in [6, 6.07) is 12.4. The molecule has 0 aromatic heterocycles. The van der Waals surface area contributed by atoms with Crippen LogP contribution in [0.2, 0.25) is 0 Å². The van der Waals surface area contributed by atoms with Crippen molar-refractivity contribution in [3.05, 3.63) is 54.1 Å². The second-order valence-corrected chi connectivity index (χ2v) is 8.11. The molecule has 4 N–H and O–H groups in total. The lowest BCUT2D eigenvalue weighted by atomic mass is 10.2. The van der Waals surface area contributed by atoms with Crippen LogP contribution in [0.5, 0.6) is 5.75 Å². The molecule has 0 saturated carbocycles. The number of hydrogen-bond donors (Lipinski definition) is 3. The van der Waals surface area contributed by atoms with Crippen LogP contribution >= 0.6 is 0 Å². The molecule has 0 fully saturated rings. The zero-order valence-electron chi connectivity index (χ0n) is 16.5. The molecule has 2 rings (SSSR count). The number of primary amides is 1. The Kier molecular flexibility index (Phi) is 9.55. The SMILES string of the molecule is NC(=O)c1ccc(S(=O)(=O)CNc2ccccc2OCCOCCOCCO)cc1. The number of nitrogens with two attached hydrogens (primary N) is 1. The van der Waals surface area contributed by atoms with E-state index in [9.17, 15) is 13.2 Å². The van der Waals surface area contributed by atoms with Gasteiger partial charge in [-0.3, -0.25) is 4.79 Å². The van der Waals surface area contributed by atoms with Crippen molar-refractivity contribution in [2.24, 2.45) is 5.73 Å². The number of para-hydroxylation sites is 2. The molecule has 10 heteroatoms. The monoisotopic (exact) mass is 438 g/mol. The summed E-state index contributed by atoms with van der Waals surface area (Å²) in [6.07, 6.45) is 0. The van der Waals surface area contributed by atoms with Crippen molar-refractivity contribution in [1.82, 2.24) is 0 Å². The maximum atomic E-state index is 12.5. The fourth-order valence-electron chi connectivity index (χ4n) is 2.42. The van der Waals surface area contributed by atoms with Gasteiger partial charge in [0.25, 0.3) is 0 Å². The van der Waals surface area contributed by atoms with Gasteiger partial charge in [-0.15, -0.1) is 0 Å². The normalized spacial score (nSPS) is 11.2. The van der Waals surface area contributed by atoms with E-state index < -0.39 is 15.7 Å². The molecule has 0 aliphatic rings. The van der Waals surface area contributed by atoms with E-state index in [4.69, 9.17) is 25.1 Å². The Labute approximate surface area is 175 Å². The zero-order valence-corrected chi connectivity index (χ0v) is 17.3. The molecule has 0 bridgehead atoms. The van der Waals surface area contributed by atoms with Crippen molar-refractivity contribution < 1.29 is 32.5 Å². The van der Waals surface area contributed by atoms with Crippen LogP contribution in [0.15, 0.2) is 53.4 Å². The van der Waals surface area contributed by atoms with E-state index in [1.807, 2.05) is 0 Å². The zero-order chi connectivity index (χ0) is 21.8. The molecule has 0 unspecified atom stereocenters. The van der Waals surface area contributed by atoms with E-state index >= 15 is 0 Å². The van der Waals surface area contributed by atoms with Crippen LogP contribution in [-0.2, 0) is 19.3 Å². The van der Waals surface area contributed by atoms with Crippen LogP contribution in [0, 0.1) is 0 Å². The quantitative estimate of drug-likeness (QED) is 0.372. The largest absolute Gasteiger partial charge is 0.489 e. The smallest absolute Gasteiger partial charge is 0.248 e. The highest BCUT2D eigenvalue weighted by atomic mass is 32.2. The van der Waals surface area contributed by atoms with Crippen LogP contribution in [0.1, 0.15) is 10.4 Å². The van der Waals surface area contributed by atoms with E-state index in [1.54, 1.807) is 24.3 Å². The Morgan fingerprint density at radius 3 is 2.23 bits per heavy atom. The highest BCUT2D eigenvalue weighted by Crippen LogP contribution is 2.24. The van der Waals surface area contributed by atoms with Crippen molar-refractivity contribution in [3.63, 3.8) is 0 Å². The third-order valence-corrected chi connectivity index (χ3v) is 5.45. The Hall–Kier alpha value is -2.66. The number of amides is 1. The third kappa shape index (κ3) is 7.64. The average molecular weight is 439 g/mol. The molecule has 1 amide bonds. The fourth-order valence-corrected chi connectivity index (χ4v) is 3.48. The van der Waals surface area contributed by atoms with Gasteiger partial charge in [0.15, 0.2) is 9.84 Å². The minimum atomic E-state index is -3.63. The summed E-state index contributed by atoms with van der Waals surface area (Å²) in [4.78, 5) is 11.2. The maximum Gasteiger partial charge on any atom is 0.248 e. The Morgan fingerprint density at radius 1 is 0.933 bits per heavy atom. The lowest BCUT2D eigenvalue weighted by Gasteiger charge is -2.14. The molecule has 2 aromatic rings. The van der Waals surface area contributed by atoms with Crippen LogP contribution in [0.25, 0.3) is 0 Å². The van der Waals surface area contributed by atoms with Gasteiger partial charge in [-0.1, -0.05) is 12.1 Å². The van der Waals surface area contributed by atoms with Crippen LogP contribution in [0.4, 0.5) is 5.69 Å². The number of sulfone groups is 1. The molecule has 0 saturated heterocycles. The molecule has 164 valence electrons. The highest BCUT2D eigenvalue weighted by Gasteiger charge is 2.16. The predicted octanol–water partition coefficient (Wildman–Crippen LogP) is 1.03. The van der Waals surface area contributed by atoms with Crippen molar-refractivity contribution >= 4 is 21.4 Å². The predicted molar refractivity (Wildman–Crippen MR) is 111 cm³/mol. The van der Waals surface area contributed by atoms with Crippen molar-refractivity contribution in [3.8, 4) is 5.75 Å². The number of rotatable bonds is 14. The fraction of sp³-hybridized carbons (Fsp3) is 0.350. The lowest BCUT2D eigenvalue weighted by molar-refractivity contribution is 0.0248. The summed E-state index contributed by atoms with van der Waals surface area (Å²) in [7, 11) is -3.63. The number of carbonyl (C=O) groups is 1. The molecule has 30 heavy (non-hydrogen) atoms. The van der Waals surface area contributed by atoms with E-state index in [1.165, 1.54) is 24.3 Å². The van der Waals surface area contributed by atoms with Crippen molar-refractivity contribution in [1.29, 1.82) is 0 Å². The number of anilines is 1. The summed E-state index contributed by atoms with van der Waals surface area (Å²) in [5.74, 6) is -0.469. The van der Waals surface area contributed by atoms with Gasteiger partial charge in [0.05, 0.1) is 43.6 Å². The molecule has 0 radical (unpaired) electrons. The summed E-state index contributed by atoms with van der Waals surface area (Å²) >= 11 is 0. The molecule has 0 heterocycles. The van der Waals surface area contributed by atoms with Gasteiger partial charge in [0.1, 0.15) is 18.2 Å². The van der Waals surface area contributed by atoms with Gasteiger partial charge < -0.3 is 30.4 Å². The van der Waals surface area contributed by atoms with E-state index in [2.05, 4.69) is 5.32 Å². The van der Waals surface area contributed by atoms with Gasteiger partial charge in [-0.2, -0.15) is 0 Å². The number of hydrogen-bond acceptors (Lipinski definition) is 8. The summed E-state index contributed by atoms with van der Waals surface area (Å²) in [5, 5.41) is 11.5. The standard InChI is InChI=1S/C20H26N2O7S/c21-20(24)16-5-7-17(8-6-16)30(25,26)15-22-18-3-1-2-4-19(18)29-14-13-28-12-11-27-10-9-23/h1-8,22-23H,9-15H2,(H2,21,24). The first-order valence-corrected chi connectivity index (χ1v) is 10.9. The average Bonchev–Trinajstić information content (AvgIpc) is 2.75. The van der Waals surface area contributed by atoms with Gasteiger partial charge in [0, 0.05) is 5.56 Å². The second-order valence-electron chi connectivity index (χ2n) is 6.12. The van der Waals surface area contributed by atoms with Crippen LogP contribution < -0.4 is 15.8 Å². The molecule has 0 atom stereocenters. The molecule has 2 aromatic carbocycles. The summed E-state index contributed by atoms with van der Waals surface area (Å²) in [5.41, 5.74) is 5.94. The highest BCUT2D eigenvalue weighted by molar-refractivity contribution is 7.91. The number of ether oxygens (including phenoxy) is 3. The molecular formula is C20H26N2O7S. The topological polar surface area (TPSA) is 137 Å². The van der Waals surface area contributed by atoms with E-state index in [0.717, 1.165) is 0 Å².